The number of fused-ring (bicyclic) bond motifs is 2. The number of carbonyl (C=O) groups is 3. The normalized spacial score (nSPS) is 24.5. The highest BCUT2D eigenvalue weighted by molar-refractivity contribution is 6.24. The maximum atomic E-state index is 15.9. The smallest absolute Gasteiger partial charge is 0.264 e. The zero-order valence-corrected chi connectivity index (χ0v) is 38.2. The molecule has 65 heavy (non-hydrogen) atoms. The highest BCUT2D eigenvalue weighted by atomic mass is 19.3. The fraction of sp³-hybridized carbons (Fsp3) is 0.604. The van der Waals surface area contributed by atoms with Crippen molar-refractivity contribution in [2.24, 2.45) is 16.8 Å². The highest BCUT2D eigenvalue weighted by Gasteiger charge is 2.47. The summed E-state index contributed by atoms with van der Waals surface area (Å²) in [5.41, 5.74) is 4.11. The number of halogens is 2. The molecule has 7 heterocycles. The van der Waals surface area contributed by atoms with Crippen molar-refractivity contribution in [3.8, 4) is 5.75 Å². The summed E-state index contributed by atoms with van der Waals surface area (Å²) in [6.45, 7) is 12.4. The van der Waals surface area contributed by atoms with Gasteiger partial charge >= 0.3 is 0 Å². The molecule has 10 rings (SSSR count). The zero-order valence-electron chi connectivity index (χ0n) is 38.2. The van der Waals surface area contributed by atoms with Crippen LogP contribution in [0.5, 0.6) is 5.75 Å². The maximum Gasteiger partial charge on any atom is 0.264 e. The zero-order chi connectivity index (χ0) is 45.5. The third-order valence-corrected chi connectivity index (χ3v) is 14.5. The Kier molecular flexibility index (Phi) is 12.9. The van der Waals surface area contributed by atoms with E-state index in [1.807, 2.05) is 55.2 Å². The predicted molar refractivity (Wildman–Crippen MR) is 249 cm³/mol. The summed E-state index contributed by atoms with van der Waals surface area (Å²) in [6, 6.07) is 10.9. The second-order valence-electron chi connectivity index (χ2n) is 18.8. The Morgan fingerprint density at radius 2 is 1.65 bits per heavy atom. The molecule has 4 saturated heterocycles. The van der Waals surface area contributed by atoms with E-state index in [4.69, 9.17) is 14.5 Å². The van der Waals surface area contributed by atoms with Crippen LogP contribution >= 0.6 is 0 Å². The van der Waals surface area contributed by atoms with Gasteiger partial charge in [0.05, 0.1) is 40.6 Å². The lowest BCUT2D eigenvalue weighted by atomic mass is 9.88. The molecule has 1 saturated carbocycles. The number of benzene rings is 2. The van der Waals surface area contributed by atoms with Crippen LogP contribution in [0.2, 0.25) is 0 Å². The SMILES string of the molecule is CC.COC1NC(=O)CCC1N1C(=O)c2cccc(N3CCC(CN4CCC(C(F)(F)CN5CCN(C6=NCNC(c7n[nH]c8ccc(OC9(C)CC9)cc78)=C6)CC5)CC4)CC3)c2C1=O.[HH].[HH]. The Bertz CT molecular complexity index is 2320. The number of amides is 3. The number of alkyl halides is 2. The quantitative estimate of drug-likeness (QED) is 0.193. The number of amidine groups is 1. The molecule has 3 N–H and O–H groups in total. The summed E-state index contributed by atoms with van der Waals surface area (Å²) in [7, 11) is 1.46. The van der Waals surface area contributed by atoms with Gasteiger partial charge in [0, 0.05) is 79.6 Å². The van der Waals surface area contributed by atoms with Gasteiger partial charge in [0.15, 0.2) is 6.23 Å². The number of hydrogen-bond donors (Lipinski definition) is 3. The van der Waals surface area contributed by atoms with Crippen LogP contribution in [0.4, 0.5) is 14.5 Å². The Hall–Kier alpha value is -5.13. The summed E-state index contributed by atoms with van der Waals surface area (Å²) in [6.07, 6.45) is 6.74. The Morgan fingerprint density at radius 3 is 2.37 bits per heavy atom. The molecule has 3 aromatic rings. The number of aromatic amines is 1. The molecule has 0 bridgehead atoms. The van der Waals surface area contributed by atoms with Crippen LogP contribution in [0.25, 0.3) is 16.6 Å². The third-order valence-electron chi connectivity index (χ3n) is 14.5. The average molecular weight is 903 g/mol. The standard InChI is InChI=1S/C46H58F2N10O5.C2H6.2H2/c1-45(14-15-45)63-31-6-7-34-33(24-31)41(53-52-34)35-25-38(50-28-49-35)57-22-20-55(21-23-57)27-46(47,48)30-12-16-54(17-13-30)26-29-10-18-56(19-11-29)36-5-3-4-32-40(36)44(61)58(43(32)60)37-8-9-39(59)51-42(37)62-2;1-2;;/h3-7,24-25,29-30,37,42,49H,8-23,26-28H2,1-2H3,(H,51,59)(H,52,53);1-2H3;2*1H. The van der Waals surface area contributed by atoms with Crippen LogP contribution in [0.1, 0.15) is 101 Å². The van der Waals surface area contributed by atoms with E-state index < -0.39 is 24.1 Å². The number of imide groups is 1. The number of ether oxygens (including phenoxy) is 2. The van der Waals surface area contributed by atoms with Crippen LogP contribution in [0, 0.1) is 11.8 Å². The summed E-state index contributed by atoms with van der Waals surface area (Å²) in [5.74, 6) is -2.17. The fourth-order valence-electron chi connectivity index (χ4n) is 10.5. The lowest BCUT2D eigenvalue weighted by molar-refractivity contribution is -0.130. The van der Waals surface area contributed by atoms with Crippen molar-refractivity contribution >= 4 is 45.8 Å². The molecule has 0 radical (unpaired) electrons. The van der Waals surface area contributed by atoms with E-state index in [0.29, 0.717) is 82.2 Å². The number of H-pyrrole nitrogens is 1. The molecule has 6 aliphatic heterocycles. The summed E-state index contributed by atoms with van der Waals surface area (Å²) in [5, 5.41) is 14.9. The topological polar surface area (TPSA) is 151 Å². The summed E-state index contributed by atoms with van der Waals surface area (Å²) >= 11 is 0. The number of hydrogen-bond acceptors (Lipinski definition) is 12. The van der Waals surface area contributed by atoms with E-state index in [1.165, 1.54) is 12.0 Å². The first-order valence-electron chi connectivity index (χ1n) is 23.8. The molecule has 5 fully saturated rings. The summed E-state index contributed by atoms with van der Waals surface area (Å²) in [4.78, 5) is 54.1. The molecule has 17 heteroatoms. The number of piperidine rings is 3. The van der Waals surface area contributed by atoms with Crippen molar-refractivity contribution in [1.82, 2.24) is 40.4 Å². The Balaban J connectivity index is 0.00000164. The number of anilines is 1. The minimum absolute atomic E-state index is 0. The van der Waals surface area contributed by atoms with Gasteiger partial charge in [0.2, 0.25) is 5.91 Å². The van der Waals surface area contributed by atoms with Crippen LogP contribution < -0.4 is 20.3 Å². The molecule has 2 aromatic carbocycles. The number of carbonyl (C=O) groups excluding carboxylic acids is 3. The number of methoxy groups -OCH3 is 1. The number of nitrogens with one attached hydrogen (secondary N) is 3. The van der Waals surface area contributed by atoms with E-state index in [0.717, 1.165) is 84.9 Å². The molecule has 1 aromatic heterocycles. The van der Waals surface area contributed by atoms with Crippen LogP contribution in [-0.4, -0.2) is 156 Å². The Labute approximate surface area is 382 Å². The van der Waals surface area contributed by atoms with E-state index in [-0.39, 0.29) is 39.1 Å². The van der Waals surface area contributed by atoms with Gasteiger partial charge in [-0.15, -0.1) is 0 Å². The van der Waals surface area contributed by atoms with Crippen LogP contribution in [0.15, 0.2) is 47.5 Å². The predicted octanol–water partition coefficient (Wildman–Crippen LogP) is 6.04. The van der Waals surface area contributed by atoms with E-state index >= 15 is 8.78 Å². The lowest BCUT2D eigenvalue weighted by Crippen LogP contribution is -2.57. The second-order valence-corrected chi connectivity index (χ2v) is 18.8. The Morgan fingerprint density at radius 1 is 0.892 bits per heavy atom. The first-order valence-corrected chi connectivity index (χ1v) is 23.8. The van der Waals surface area contributed by atoms with Gasteiger partial charge in [-0.3, -0.25) is 29.3 Å². The van der Waals surface area contributed by atoms with Gasteiger partial charge in [-0.2, -0.15) is 5.10 Å². The van der Waals surface area contributed by atoms with Crippen LogP contribution in [0.3, 0.4) is 0 Å². The minimum atomic E-state index is -2.76. The van der Waals surface area contributed by atoms with Gasteiger partial charge < -0.3 is 34.8 Å². The van der Waals surface area contributed by atoms with Crippen molar-refractivity contribution in [3.63, 3.8) is 0 Å². The summed E-state index contributed by atoms with van der Waals surface area (Å²) < 4.78 is 43.5. The van der Waals surface area contributed by atoms with Gasteiger partial charge in [0.25, 0.3) is 17.7 Å². The van der Waals surface area contributed by atoms with Crippen molar-refractivity contribution in [2.75, 3.05) is 84.1 Å². The lowest BCUT2D eigenvalue weighted by Gasteiger charge is -2.42. The maximum absolute atomic E-state index is 15.9. The minimum Gasteiger partial charge on any atom is -0.488 e. The number of aromatic nitrogens is 2. The van der Waals surface area contributed by atoms with E-state index in [2.05, 4.69) is 42.5 Å². The number of piperazine rings is 1. The fourth-order valence-corrected chi connectivity index (χ4v) is 10.5. The van der Waals surface area contributed by atoms with Crippen molar-refractivity contribution in [3.05, 3.63) is 59.3 Å². The molecule has 2 atom stereocenters. The largest absolute Gasteiger partial charge is 0.488 e. The first-order chi connectivity index (χ1) is 31.4. The molecular formula is C48H68F2N10O5. The van der Waals surface area contributed by atoms with Crippen molar-refractivity contribution in [2.45, 2.75) is 95.9 Å². The number of likely N-dealkylation sites (tertiary alicyclic amines) is 1. The number of aliphatic imine (C=N–C) groups is 1. The van der Waals surface area contributed by atoms with Gasteiger partial charge in [-0.1, -0.05) is 19.9 Å². The van der Waals surface area contributed by atoms with Gasteiger partial charge in [0.1, 0.15) is 29.5 Å². The average Bonchev–Trinajstić information content (AvgIpc) is 3.80. The first kappa shape index (κ1) is 45.0. The monoisotopic (exact) mass is 903 g/mol. The molecule has 0 spiro atoms. The highest BCUT2D eigenvalue weighted by Crippen LogP contribution is 2.41. The molecule has 1 aliphatic carbocycles. The molecule has 354 valence electrons. The molecule has 7 aliphatic rings. The molecule has 15 nitrogen and oxygen atoms in total. The van der Waals surface area contributed by atoms with Crippen molar-refractivity contribution < 1.29 is 35.5 Å². The molecular weight excluding hydrogens is 835 g/mol. The number of nitrogens with zero attached hydrogens (tertiary/aromatic N) is 7. The van der Waals surface area contributed by atoms with Gasteiger partial charge in [-0.05, 0) is 101 Å². The molecule has 3 amide bonds. The molecule has 2 unspecified atom stereocenters. The van der Waals surface area contributed by atoms with Gasteiger partial charge in [-0.25, -0.2) is 13.8 Å². The van der Waals surface area contributed by atoms with Crippen molar-refractivity contribution in [1.29, 1.82) is 0 Å². The number of rotatable bonds is 11. The van der Waals surface area contributed by atoms with Crippen LogP contribution in [-0.2, 0) is 9.53 Å². The second kappa shape index (κ2) is 18.6. The van der Waals surface area contributed by atoms with E-state index in [9.17, 15) is 14.4 Å². The third kappa shape index (κ3) is 9.33. The van der Waals surface area contributed by atoms with E-state index in [1.54, 1.807) is 6.07 Å².